The number of aliphatic hydroxyl groups is 2. The molecule has 0 aromatic heterocycles. The number of hydrogen-bond donors (Lipinski definition) is 2. The fourth-order valence-corrected chi connectivity index (χ4v) is 4.85. The molecule has 0 radical (unpaired) electrons. The smallest absolute Gasteiger partial charge is 0.306 e. The Labute approximate surface area is 294 Å². The molecule has 0 amide bonds. The van der Waals surface area contributed by atoms with Gasteiger partial charge in [-0.05, 0) is 50.9 Å². The first-order chi connectivity index (χ1) is 23.3. The van der Waals surface area contributed by atoms with Crippen molar-refractivity contribution in [3.8, 4) is 0 Å². The van der Waals surface area contributed by atoms with Gasteiger partial charge in [0.05, 0.1) is 6.10 Å². The second-order valence-electron chi connectivity index (χ2n) is 13.0. The molecule has 0 aromatic rings. The van der Waals surface area contributed by atoms with Gasteiger partial charge < -0.3 is 19.7 Å². The van der Waals surface area contributed by atoms with Crippen LogP contribution in [0.3, 0.4) is 0 Å². The van der Waals surface area contributed by atoms with E-state index in [9.17, 15) is 19.8 Å². The van der Waals surface area contributed by atoms with Gasteiger partial charge in [-0.2, -0.15) is 0 Å². The molecule has 0 saturated heterocycles. The maximum absolute atomic E-state index is 11.9. The van der Waals surface area contributed by atoms with E-state index in [0.29, 0.717) is 19.3 Å². The summed E-state index contributed by atoms with van der Waals surface area (Å²) in [5, 5.41) is 19.9. The summed E-state index contributed by atoms with van der Waals surface area (Å²) in [5.41, 5.74) is 0. The van der Waals surface area contributed by atoms with Gasteiger partial charge in [0.1, 0.15) is 19.3 Å². The molecular formula is C42H70O6. The van der Waals surface area contributed by atoms with Crippen LogP contribution in [0.5, 0.6) is 0 Å². The number of carbonyl (C=O) groups excluding carboxylic acids is 2. The maximum Gasteiger partial charge on any atom is 0.306 e. The Morgan fingerprint density at radius 3 is 1.69 bits per heavy atom. The van der Waals surface area contributed by atoms with Crippen LogP contribution in [0.15, 0.2) is 72.9 Å². The number of allylic oxidation sites excluding steroid dienone is 10. The van der Waals surface area contributed by atoms with Gasteiger partial charge in [-0.15, -0.1) is 0 Å². The Bertz CT molecular complexity index is 926. The van der Waals surface area contributed by atoms with Gasteiger partial charge in [0.15, 0.2) is 0 Å². The Kier molecular flexibility index (Phi) is 33.6. The van der Waals surface area contributed by atoms with Crippen molar-refractivity contribution in [1.82, 2.24) is 0 Å². The maximum atomic E-state index is 11.9. The van der Waals surface area contributed by atoms with E-state index in [1.807, 2.05) is 36.5 Å². The molecule has 0 aliphatic carbocycles. The highest BCUT2D eigenvalue weighted by atomic mass is 16.6. The molecule has 1 unspecified atom stereocenters. The highest BCUT2D eigenvalue weighted by Gasteiger charge is 2.11. The summed E-state index contributed by atoms with van der Waals surface area (Å²) in [6.45, 7) is 6.37. The molecule has 0 spiro atoms. The van der Waals surface area contributed by atoms with Crippen LogP contribution in [0, 0.1) is 5.92 Å². The van der Waals surface area contributed by atoms with Gasteiger partial charge in [-0.25, -0.2) is 0 Å². The zero-order chi connectivity index (χ0) is 35.3. The lowest BCUT2D eigenvalue weighted by Crippen LogP contribution is -2.25. The Morgan fingerprint density at radius 2 is 1.08 bits per heavy atom. The van der Waals surface area contributed by atoms with Crippen molar-refractivity contribution >= 4 is 11.9 Å². The number of esters is 2. The molecule has 0 fully saturated rings. The normalized spacial score (nSPS) is 13.8. The molecular weight excluding hydrogens is 600 g/mol. The van der Waals surface area contributed by atoms with Crippen molar-refractivity contribution in [3.05, 3.63) is 72.9 Å². The van der Waals surface area contributed by atoms with E-state index in [1.54, 1.807) is 6.08 Å². The zero-order valence-electron chi connectivity index (χ0n) is 30.7. The molecule has 0 aliphatic heterocycles. The molecule has 0 aromatic carbocycles. The van der Waals surface area contributed by atoms with Crippen molar-refractivity contribution in [2.45, 2.75) is 161 Å². The Hall–Kier alpha value is -2.70. The van der Waals surface area contributed by atoms with Crippen LogP contribution in [0.2, 0.25) is 0 Å². The van der Waals surface area contributed by atoms with Crippen molar-refractivity contribution in [3.63, 3.8) is 0 Å². The average molecular weight is 671 g/mol. The fraction of sp³-hybridized carbons (Fsp3) is 0.667. The second-order valence-corrected chi connectivity index (χ2v) is 13.0. The number of hydrogen-bond acceptors (Lipinski definition) is 6. The molecule has 0 bridgehead atoms. The standard InChI is InChI=1S/C42H70O6/c1-4-5-6-7-22-27-32-39(43)33-28-23-18-14-11-12-16-20-25-30-35-42(46)48-37-40(44)36-47-41(45)34-29-24-19-15-10-8-9-13-17-21-26-31-38(2)3/h5-6,11-12,18,20,22-23,25,27-28,33,38-40,43-44H,4,7-10,13-17,19,21,24,26,29-32,34-37H2,1-3H3/b6-5-,12-11-,23-18-,25-20-,27-22-,33-28+/t39?,40-/m0/s1. The van der Waals surface area contributed by atoms with Gasteiger partial charge in [0.25, 0.3) is 0 Å². The van der Waals surface area contributed by atoms with E-state index < -0.39 is 12.2 Å². The SMILES string of the molecule is CC/C=C\C/C=C\CC(O)/C=C/C=C\C/C=C\C/C=C\CCC(=O)OC[C@@H](O)COC(=O)CCCCCCCCCCCCCC(C)C. The number of aliphatic hydroxyl groups excluding tert-OH is 2. The number of unbranched alkanes of at least 4 members (excludes halogenated alkanes) is 10. The molecule has 2 N–H and O–H groups in total. The predicted molar refractivity (Wildman–Crippen MR) is 202 cm³/mol. The van der Waals surface area contributed by atoms with E-state index in [-0.39, 0.29) is 31.6 Å². The minimum atomic E-state index is -1.01. The van der Waals surface area contributed by atoms with Crippen LogP contribution < -0.4 is 0 Å². The Balaban J connectivity index is 3.67. The molecule has 6 nitrogen and oxygen atoms in total. The second kappa shape index (κ2) is 35.6. The van der Waals surface area contributed by atoms with Crippen LogP contribution in [0.25, 0.3) is 0 Å². The number of rotatable bonds is 32. The summed E-state index contributed by atoms with van der Waals surface area (Å²) in [7, 11) is 0. The third-order valence-corrected chi connectivity index (χ3v) is 7.73. The number of carbonyl (C=O) groups is 2. The fourth-order valence-electron chi connectivity index (χ4n) is 4.85. The van der Waals surface area contributed by atoms with Gasteiger partial charge in [0, 0.05) is 12.8 Å². The third-order valence-electron chi connectivity index (χ3n) is 7.73. The molecule has 0 heterocycles. The molecule has 2 atom stereocenters. The summed E-state index contributed by atoms with van der Waals surface area (Å²) in [4.78, 5) is 23.9. The minimum absolute atomic E-state index is 0.154. The van der Waals surface area contributed by atoms with Crippen LogP contribution in [0.1, 0.15) is 149 Å². The van der Waals surface area contributed by atoms with Gasteiger partial charge in [-0.3, -0.25) is 9.59 Å². The van der Waals surface area contributed by atoms with Gasteiger partial charge in [-0.1, -0.05) is 164 Å². The monoisotopic (exact) mass is 671 g/mol. The summed E-state index contributed by atoms with van der Waals surface area (Å²) >= 11 is 0. The largest absolute Gasteiger partial charge is 0.463 e. The first kappa shape index (κ1) is 45.3. The lowest BCUT2D eigenvalue weighted by atomic mass is 10.0. The average Bonchev–Trinajstić information content (AvgIpc) is 3.06. The van der Waals surface area contributed by atoms with E-state index in [4.69, 9.17) is 9.47 Å². The summed E-state index contributed by atoms with van der Waals surface area (Å²) in [6, 6.07) is 0. The highest BCUT2D eigenvalue weighted by Crippen LogP contribution is 2.14. The van der Waals surface area contributed by atoms with Crippen molar-refractivity contribution in [1.29, 1.82) is 0 Å². The topological polar surface area (TPSA) is 93.1 Å². The molecule has 0 aliphatic rings. The minimum Gasteiger partial charge on any atom is -0.463 e. The van der Waals surface area contributed by atoms with Gasteiger partial charge in [0.2, 0.25) is 0 Å². The van der Waals surface area contributed by atoms with Crippen molar-refractivity contribution in [2.24, 2.45) is 5.92 Å². The van der Waals surface area contributed by atoms with Crippen LogP contribution >= 0.6 is 0 Å². The van der Waals surface area contributed by atoms with Crippen molar-refractivity contribution < 1.29 is 29.3 Å². The quantitative estimate of drug-likeness (QED) is 0.0320. The summed E-state index contributed by atoms with van der Waals surface area (Å²) < 4.78 is 10.2. The molecule has 48 heavy (non-hydrogen) atoms. The summed E-state index contributed by atoms with van der Waals surface area (Å²) in [6.07, 6.45) is 42.8. The first-order valence-corrected chi connectivity index (χ1v) is 19.0. The van der Waals surface area contributed by atoms with E-state index in [2.05, 4.69) is 51.2 Å². The molecule has 0 saturated carbocycles. The van der Waals surface area contributed by atoms with Crippen LogP contribution in [-0.4, -0.2) is 47.6 Å². The summed E-state index contributed by atoms with van der Waals surface area (Å²) in [5.74, 6) is 0.132. The number of ether oxygens (including phenoxy) is 2. The predicted octanol–water partition coefficient (Wildman–Crippen LogP) is 10.6. The lowest BCUT2D eigenvalue weighted by molar-refractivity contribution is -0.152. The Morgan fingerprint density at radius 1 is 0.583 bits per heavy atom. The van der Waals surface area contributed by atoms with Crippen LogP contribution in [-0.2, 0) is 19.1 Å². The van der Waals surface area contributed by atoms with E-state index >= 15 is 0 Å². The highest BCUT2D eigenvalue weighted by molar-refractivity contribution is 5.70. The molecule has 0 rings (SSSR count). The van der Waals surface area contributed by atoms with Gasteiger partial charge >= 0.3 is 11.9 Å². The van der Waals surface area contributed by atoms with E-state index in [0.717, 1.165) is 50.9 Å². The van der Waals surface area contributed by atoms with E-state index in [1.165, 1.54) is 57.8 Å². The van der Waals surface area contributed by atoms with Crippen LogP contribution in [0.4, 0.5) is 0 Å². The third kappa shape index (κ3) is 36.1. The van der Waals surface area contributed by atoms with Crippen molar-refractivity contribution in [2.75, 3.05) is 13.2 Å². The lowest BCUT2D eigenvalue weighted by Gasteiger charge is -2.12. The first-order valence-electron chi connectivity index (χ1n) is 19.0. The molecule has 6 heteroatoms. The zero-order valence-corrected chi connectivity index (χ0v) is 30.7. The molecule has 274 valence electrons.